The second kappa shape index (κ2) is 5.19. The molecule has 0 saturated carbocycles. The minimum Gasteiger partial charge on any atom is -0.511 e. The van der Waals surface area contributed by atoms with E-state index in [9.17, 15) is 14.7 Å². The number of hydrogen-bond acceptors (Lipinski definition) is 6. The molecule has 0 aromatic carbocycles. The molecule has 0 radical (unpaired) electrons. The van der Waals surface area contributed by atoms with E-state index in [4.69, 9.17) is 4.74 Å². The molecule has 1 aliphatic carbocycles. The normalized spacial score (nSPS) is 27.7. The number of carbonyl (C=O) groups is 2. The first-order valence-electron chi connectivity index (χ1n) is 7.32. The van der Waals surface area contributed by atoms with E-state index in [1.165, 1.54) is 7.05 Å². The molecule has 0 aromatic rings. The third kappa shape index (κ3) is 1.89. The van der Waals surface area contributed by atoms with Gasteiger partial charge in [0, 0.05) is 19.7 Å². The lowest BCUT2D eigenvalue weighted by atomic mass is 9.89. The number of hydrogen-bond donors (Lipinski definition) is 1. The van der Waals surface area contributed by atoms with Gasteiger partial charge in [-0.2, -0.15) is 4.99 Å². The first kappa shape index (κ1) is 15.2. The Labute approximate surface area is 133 Å². The highest BCUT2D eigenvalue weighted by atomic mass is 16.5. The van der Waals surface area contributed by atoms with Gasteiger partial charge < -0.3 is 14.7 Å². The van der Waals surface area contributed by atoms with Crippen LogP contribution in [0.5, 0.6) is 0 Å². The maximum atomic E-state index is 12.7. The largest absolute Gasteiger partial charge is 0.511 e. The minimum absolute atomic E-state index is 0.0419. The van der Waals surface area contributed by atoms with Crippen LogP contribution in [-0.4, -0.2) is 52.6 Å². The van der Waals surface area contributed by atoms with Crippen LogP contribution < -0.4 is 0 Å². The SMILES string of the molecule is CCOC(=O)C1=C(O)C[C@]2(C(=O)N=C3C(C)=CC=CN32)C1=NC. The lowest BCUT2D eigenvalue weighted by Crippen LogP contribution is -2.54. The summed E-state index contributed by atoms with van der Waals surface area (Å²) in [5.74, 6) is -0.818. The van der Waals surface area contributed by atoms with Crippen molar-refractivity contribution >= 4 is 23.4 Å². The van der Waals surface area contributed by atoms with Gasteiger partial charge >= 0.3 is 5.97 Å². The molecule has 120 valence electrons. The van der Waals surface area contributed by atoms with Gasteiger partial charge in [0.05, 0.1) is 12.3 Å². The Kier molecular flexibility index (Phi) is 3.43. The van der Waals surface area contributed by atoms with E-state index in [-0.39, 0.29) is 30.1 Å². The van der Waals surface area contributed by atoms with Gasteiger partial charge in [-0.3, -0.25) is 9.79 Å². The highest BCUT2D eigenvalue weighted by Crippen LogP contribution is 2.43. The Morgan fingerprint density at radius 1 is 1.57 bits per heavy atom. The monoisotopic (exact) mass is 315 g/mol. The first-order chi connectivity index (χ1) is 11.0. The van der Waals surface area contributed by atoms with E-state index >= 15 is 0 Å². The fourth-order valence-corrected chi connectivity index (χ4v) is 3.20. The quantitative estimate of drug-likeness (QED) is 0.775. The fourth-order valence-electron chi connectivity index (χ4n) is 3.20. The van der Waals surface area contributed by atoms with Gasteiger partial charge in [0.1, 0.15) is 17.2 Å². The zero-order valence-corrected chi connectivity index (χ0v) is 13.2. The summed E-state index contributed by atoms with van der Waals surface area (Å²) in [6.07, 6.45) is 5.29. The standard InChI is InChI=1S/C16H17N3O4/c1-4-23-14(21)11-10(20)8-16(12(11)17-3)15(22)18-13-9(2)6-5-7-19(13)16/h5-7,20H,4,8H2,1-3H3/t16-/m1/s1. The molecule has 3 aliphatic rings. The van der Waals surface area contributed by atoms with Crippen molar-refractivity contribution in [2.45, 2.75) is 25.8 Å². The van der Waals surface area contributed by atoms with Crippen LogP contribution in [0.25, 0.3) is 0 Å². The number of fused-ring (bicyclic) bond motifs is 2. The van der Waals surface area contributed by atoms with Gasteiger partial charge in [-0.1, -0.05) is 6.08 Å². The molecule has 23 heavy (non-hydrogen) atoms. The number of nitrogens with zero attached hydrogens (tertiary/aromatic N) is 3. The molecule has 0 unspecified atom stereocenters. The van der Waals surface area contributed by atoms with Crippen molar-refractivity contribution in [1.29, 1.82) is 0 Å². The summed E-state index contributed by atoms with van der Waals surface area (Å²) in [5, 5.41) is 10.3. The van der Waals surface area contributed by atoms with Gasteiger partial charge in [0.2, 0.25) is 0 Å². The molecule has 7 nitrogen and oxygen atoms in total. The molecule has 7 heteroatoms. The van der Waals surface area contributed by atoms with Crippen molar-refractivity contribution in [2.75, 3.05) is 13.7 Å². The van der Waals surface area contributed by atoms with Crippen molar-refractivity contribution in [3.05, 3.63) is 35.3 Å². The number of allylic oxidation sites excluding steroid dienone is 2. The van der Waals surface area contributed by atoms with E-state index < -0.39 is 17.4 Å². The van der Waals surface area contributed by atoms with Gasteiger partial charge in [-0.05, 0) is 25.5 Å². The highest BCUT2D eigenvalue weighted by molar-refractivity contribution is 6.36. The maximum absolute atomic E-state index is 12.7. The third-order valence-electron chi connectivity index (χ3n) is 4.18. The fraction of sp³-hybridized carbons (Fsp3) is 0.375. The number of amidine groups is 1. The van der Waals surface area contributed by atoms with Crippen LogP contribution in [0, 0.1) is 0 Å². The molecule has 0 saturated heterocycles. The number of aliphatic hydroxyl groups is 1. The minimum atomic E-state index is -1.30. The first-order valence-corrected chi connectivity index (χ1v) is 7.32. The van der Waals surface area contributed by atoms with Gasteiger partial charge in [0.25, 0.3) is 5.91 Å². The van der Waals surface area contributed by atoms with Crippen LogP contribution >= 0.6 is 0 Å². The van der Waals surface area contributed by atoms with Crippen LogP contribution in [0.2, 0.25) is 0 Å². The Morgan fingerprint density at radius 2 is 2.30 bits per heavy atom. The van der Waals surface area contributed by atoms with Gasteiger partial charge in [-0.15, -0.1) is 0 Å². The number of rotatable bonds is 2. The van der Waals surface area contributed by atoms with Gasteiger partial charge in [-0.25, -0.2) is 4.79 Å². The summed E-state index contributed by atoms with van der Waals surface area (Å²) in [4.78, 5) is 34.8. The molecule has 1 N–H and O–H groups in total. The number of amides is 1. The number of esters is 1. The molecule has 2 heterocycles. The number of aliphatic hydroxyl groups excluding tert-OH is 1. The highest BCUT2D eigenvalue weighted by Gasteiger charge is 2.60. The van der Waals surface area contributed by atoms with Crippen molar-refractivity contribution in [3.63, 3.8) is 0 Å². The van der Waals surface area contributed by atoms with E-state index in [2.05, 4.69) is 9.98 Å². The molecule has 1 atom stereocenters. The van der Waals surface area contributed by atoms with Crippen molar-refractivity contribution in [3.8, 4) is 0 Å². The molecular weight excluding hydrogens is 298 g/mol. The lowest BCUT2D eigenvalue weighted by Gasteiger charge is -2.34. The summed E-state index contributed by atoms with van der Waals surface area (Å²) in [6.45, 7) is 3.69. The van der Waals surface area contributed by atoms with Crippen LogP contribution in [-0.2, 0) is 14.3 Å². The van der Waals surface area contributed by atoms with E-state index in [0.717, 1.165) is 5.57 Å². The Bertz CT molecular complexity index is 757. The van der Waals surface area contributed by atoms with Crippen molar-refractivity contribution in [1.82, 2.24) is 4.90 Å². The molecule has 0 bridgehead atoms. The van der Waals surface area contributed by atoms with E-state index in [1.54, 1.807) is 24.1 Å². The molecule has 1 amide bonds. The predicted molar refractivity (Wildman–Crippen MR) is 84.2 cm³/mol. The molecular formula is C16H17N3O4. The summed E-state index contributed by atoms with van der Waals surface area (Å²) in [6, 6.07) is 0. The zero-order chi connectivity index (χ0) is 16.8. The van der Waals surface area contributed by atoms with Crippen molar-refractivity contribution in [2.24, 2.45) is 9.98 Å². The molecule has 3 rings (SSSR count). The molecule has 2 aliphatic heterocycles. The van der Waals surface area contributed by atoms with Crippen molar-refractivity contribution < 1.29 is 19.4 Å². The molecule has 0 aromatic heterocycles. The summed E-state index contributed by atoms with van der Waals surface area (Å²) >= 11 is 0. The predicted octanol–water partition coefficient (Wildman–Crippen LogP) is 1.29. The smallest absolute Gasteiger partial charge is 0.343 e. The number of aliphatic imine (C=N–C) groups is 2. The Morgan fingerprint density at radius 3 is 2.96 bits per heavy atom. The second-order valence-electron chi connectivity index (χ2n) is 5.45. The average molecular weight is 315 g/mol. The summed E-state index contributed by atoms with van der Waals surface area (Å²) < 4.78 is 4.99. The van der Waals surface area contributed by atoms with Crippen LogP contribution in [0.4, 0.5) is 0 Å². The topological polar surface area (TPSA) is 91.6 Å². The van der Waals surface area contributed by atoms with E-state index in [0.29, 0.717) is 5.84 Å². The summed E-state index contributed by atoms with van der Waals surface area (Å²) in [7, 11) is 1.48. The Balaban J connectivity index is 2.09. The maximum Gasteiger partial charge on any atom is 0.343 e. The van der Waals surface area contributed by atoms with Crippen LogP contribution in [0.3, 0.4) is 0 Å². The third-order valence-corrected chi connectivity index (χ3v) is 4.18. The summed E-state index contributed by atoms with van der Waals surface area (Å²) in [5.41, 5.74) is -0.323. The zero-order valence-electron chi connectivity index (χ0n) is 13.2. The van der Waals surface area contributed by atoms with Gasteiger partial charge in [0.15, 0.2) is 5.54 Å². The molecule has 1 spiro atoms. The molecule has 0 fully saturated rings. The van der Waals surface area contributed by atoms with Crippen LogP contribution in [0.15, 0.2) is 45.2 Å². The Hall–Kier alpha value is -2.70. The second-order valence-corrected chi connectivity index (χ2v) is 5.45. The number of carbonyl (C=O) groups excluding carboxylic acids is 2. The lowest BCUT2D eigenvalue weighted by molar-refractivity contribution is -0.138. The van der Waals surface area contributed by atoms with Crippen LogP contribution in [0.1, 0.15) is 20.3 Å². The average Bonchev–Trinajstić information content (AvgIpc) is 2.97. The number of ether oxygens (including phenoxy) is 1. The van der Waals surface area contributed by atoms with E-state index in [1.807, 2.05) is 13.0 Å².